The van der Waals surface area contributed by atoms with Crippen LogP contribution in [-0.4, -0.2) is 51.9 Å². The molecule has 1 aromatic rings. The molecule has 116 valence electrons. The van der Waals surface area contributed by atoms with E-state index in [0.29, 0.717) is 5.69 Å². The zero-order valence-electron chi connectivity index (χ0n) is 12.0. The van der Waals surface area contributed by atoms with E-state index in [9.17, 15) is 14.7 Å². The average Bonchev–Trinajstić information content (AvgIpc) is 2.95. The lowest BCUT2D eigenvalue weighted by atomic mass is 10.1. The maximum Gasteiger partial charge on any atom is 0.337 e. The number of hydrogen-bond acceptors (Lipinski definition) is 4. The van der Waals surface area contributed by atoms with Crippen LogP contribution in [0.2, 0.25) is 0 Å². The van der Waals surface area contributed by atoms with Crippen LogP contribution in [0.4, 0.5) is 0 Å². The van der Waals surface area contributed by atoms with Crippen molar-refractivity contribution < 1.29 is 19.8 Å². The van der Waals surface area contributed by atoms with Crippen LogP contribution in [0, 0.1) is 0 Å². The smallest absolute Gasteiger partial charge is 0.337 e. The third kappa shape index (κ3) is 3.62. The van der Waals surface area contributed by atoms with Gasteiger partial charge < -0.3 is 25.4 Å². The molecule has 2 rings (SSSR count). The number of carbonyl (C=O) groups is 2. The van der Waals surface area contributed by atoms with Crippen LogP contribution in [0.15, 0.2) is 18.3 Å². The molecule has 0 aromatic carbocycles. The van der Waals surface area contributed by atoms with Gasteiger partial charge in [-0.05, 0) is 45.0 Å². The summed E-state index contributed by atoms with van der Waals surface area (Å²) in [4.78, 5) is 23.0. The van der Waals surface area contributed by atoms with E-state index < -0.39 is 11.6 Å². The van der Waals surface area contributed by atoms with E-state index in [1.54, 1.807) is 12.1 Å². The van der Waals surface area contributed by atoms with Crippen LogP contribution in [0.25, 0.3) is 0 Å². The number of nitrogens with zero attached hydrogens (tertiary/aromatic N) is 1. The molecule has 21 heavy (non-hydrogen) atoms. The van der Waals surface area contributed by atoms with E-state index in [0.717, 1.165) is 32.9 Å². The van der Waals surface area contributed by atoms with Crippen molar-refractivity contribution in [1.82, 2.24) is 15.2 Å². The largest absolute Gasteiger partial charge is 0.479 e. The Bertz CT molecular complexity index is 518. The number of rotatable bonds is 5. The zero-order valence-corrected chi connectivity index (χ0v) is 12.0. The number of hydrogen-bond donors (Lipinski definition) is 4. The number of nitrogens with one attached hydrogen (secondary N) is 2. The predicted octanol–water partition coefficient (Wildman–Crippen LogP) is -0.0220. The van der Waals surface area contributed by atoms with E-state index in [-0.39, 0.29) is 18.5 Å². The van der Waals surface area contributed by atoms with Gasteiger partial charge in [0.1, 0.15) is 5.69 Å². The Morgan fingerprint density at radius 1 is 1.48 bits per heavy atom. The van der Waals surface area contributed by atoms with Crippen LogP contribution in [0.5, 0.6) is 0 Å². The van der Waals surface area contributed by atoms with E-state index >= 15 is 0 Å². The first-order valence-corrected chi connectivity index (χ1v) is 7.03. The van der Waals surface area contributed by atoms with Crippen molar-refractivity contribution in [3.63, 3.8) is 0 Å². The highest BCUT2D eigenvalue weighted by Crippen LogP contribution is 2.21. The van der Waals surface area contributed by atoms with Gasteiger partial charge in [-0.2, -0.15) is 0 Å². The number of aliphatic hydroxyl groups is 1. The number of carboxylic acids is 1. The summed E-state index contributed by atoms with van der Waals surface area (Å²) in [6.45, 7) is 2.65. The minimum atomic E-state index is -1.97. The predicted molar refractivity (Wildman–Crippen MR) is 76.2 cm³/mol. The molecular formula is C14H21N3O4. The third-order valence-corrected chi connectivity index (χ3v) is 3.77. The number of aliphatic carboxylic acids is 1. The van der Waals surface area contributed by atoms with Gasteiger partial charge in [-0.15, -0.1) is 0 Å². The summed E-state index contributed by atoms with van der Waals surface area (Å²) in [7, 11) is 0. The van der Waals surface area contributed by atoms with Crippen LogP contribution in [-0.2, 0) is 4.79 Å². The van der Waals surface area contributed by atoms with Crippen LogP contribution >= 0.6 is 0 Å². The van der Waals surface area contributed by atoms with Gasteiger partial charge in [-0.1, -0.05) is 0 Å². The SMILES string of the molecule is CC(O)(CNC(=O)c1cccn1C1CCNCC1)C(=O)O. The molecule has 1 amide bonds. The lowest BCUT2D eigenvalue weighted by Crippen LogP contribution is -2.47. The maximum atomic E-state index is 12.2. The molecule has 7 nitrogen and oxygen atoms in total. The van der Waals surface area contributed by atoms with Gasteiger partial charge in [0.05, 0.1) is 6.54 Å². The summed E-state index contributed by atoms with van der Waals surface area (Å²) >= 11 is 0. The lowest BCUT2D eigenvalue weighted by Gasteiger charge is -2.26. The number of aromatic nitrogens is 1. The second-order valence-corrected chi connectivity index (χ2v) is 5.54. The van der Waals surface area contributed by atoms with Gasteiger partial charge >= 0.3 is 5.97 Å². The molecule has 1 atom stereocenters. The molecule has 4 N–H and O–H groups in total. The van der Waals surface area contributed by atoms with Crippen molar-refractivity contribution in [1.29, 1.82) is 0 Å². The van der Waals surface area contributed by atoms with Gasteiger partial charge in [-0.25, -0.2) is 4.79 Å². The molecule has 0 bridgehead atoms. The molecule has 2 heterocycles. The summed E-state index contributed by atoms with van der Waals surface area (Å²) in [6.07, 6.45) is 3.75. The third-order valence-electron chi connectivity index (χ3n) is 3.77. The Morgan fingerprint density at radius 3 is 2.76 bits per heavy atom. The van der Waals surface area contributed by atoms with E-state index in [1.807, 2.05) is 10.8 Å². The Balaban J connectivity index is 2.03. The quantitative estimate of drug-likeness (QED) is 0.611. The van der Waals surface area contributed by atoms with Gasteiger partial charge in [0.2, 0.25) is 0 Å². The molecular weight excluding hydrogens is 274 g/mol. The van der Waals surface area contributed by atoms with Gasteiger partial charge in [-0.3, -0.25) is 4.79 Å². The minimum absolute atomic E-state index is 0.266. The molecule has 1 aliphatic heterocycles. The van der Waals surface area contributed by atoms with E-state index in [4.69, 9.17) is 5.11 Å². The van der Waals surface area contributed by atoms with Gasteiger partial charge in [0, 0.05) is 12.2 Å². The van der Waals surface area contributed by atoms with E-state index in [1.165, 1.54) is 0 Å². The molecule has 1 aromatic heterocycles. The monoisotopic (exact) mass is 295 g/mol. The van der Waals surface area contributed by atoms with Crippen molar-refractivity contribution in [2.24, 2.45) is 0 Å². The fraction of sp³-hybridized carbons (Fsp3) is 0.571. The van der Waals surface area contributed by atoms with Crippen molar-refractivity contribution >= 4 is 11.9 Å². The van der Waals surface area contributed by atoms with Crippen LogP contribution < -0.4 is 10.6 Å². The normalized spacial score (nSPS) is 19.0. The van der Waals surface area contributed by atoms with Crippen molar-refractivity contribution in [3.05, 3.63) is 24.0 Å². The number of amides is 1. The highest BCUT2D eigenvalue weighted by molar-refractivity contribution is 5.93. The minimum Gasteiger partial charge on any atom is -0.479 e. The van der Waals surface area contributed by atoms with Crippen LogP contribution in [0.3, 0.4) is 0 Å². The number of piperidine rings is 1. The highest BCUT2D eigenvalue weighted by atomic mass is 16.4. The Labute approximate surface area is 123 Å². The average molecular weight is 295 g/mol. The second-order valence-electron chi connectivity index (χ2n) is 5.54. The van der Waals surface area contributed by atoms with Crippen molar-refractivity contribution in [2.45, 2.75) is 31.4 Å². The molecule has 1 fully saturated rings. The first kappa shape index (κ1) is 15.5. The number of carboxylic acid groups (broad SMARTS) is 1. The lowest BCUT2D eigenvalue weighted by molar-refractivity contribution is -0.155. The van der Waals surface area contributed by atoms with Crippen molar-refractivity contribution in [3.8, 4) is 0 Å². The van der Waals surface area contributed by atoms with E-state index in [2.05, 4.69) is 10.6 Å². The summed E-state index contributed by atoms with van der Waals surface area (Å²) in [5.41, 5.74) is -1.48. The Morgan fingerprint density at radius 2 is 2.14 bits per heavy atom. The summed E-state index contributed by atoms with van der Waals surface area (Å²) < 4.78 is 1.92. The summed E-state index contributed by atoms with van der Waals surface area (Å²) in [5, 5.41) is 24.2. The first-order chi connectivity index (χ1) is 9.92. The highest BCUT2D eigenvalue weighted by Gasteiger charge is 2.31. The second kappa shape index (κ2) is 6.28. The molecule has 7 heteroatoms. The Kier molecular flexibility index (Phi) is 4.64. The molecule has 1 unspecified atom stereocenters. The standard InChI is InChI=1S/C14H21N3O4/c1-14(21,13(19)20)9-16-12(18)11-3-2-8-17(11)10-4-6-15-7-5-10/h2-3,8,10,15,21H,4-7,9H2,1H3,(H,16,18)(H,19,20). The Hall–Kier alpha value is -1.86. The first-order valence-electron chi connectivity index (χ1n) is 7.03. The number of carbonyl (C=O) groups excluding carboxylic acids is 1. The summed E-state index contributed by atoms with van der Waals surface area (Å²) in [6, 6.07) is 3.76. The molecule has 0 saturated carbocycles. The van der Waals surface area contributed by atoms with Gasteiger partial charge in [0.15, 0.2) is 5.60 Å². The zero-order chi connectivity index (χ0) is 15.5. The molecule has 0 radical (unpaired) electrons. The molecule has 0 spiro atoms. The fourth-order valence-electron chi connectivity index (χ4n) is 2.41. The van der Waals surface area contributed by atoms with Gasteiger partial charge in [0.25, 0.3) is 5.91 Å². The summed E-state index contributed by atoms with van der Waals surface area (Å²) in [5.74, 6) is -1.74. The maximum absolute atomic E-state index is 12.2. The molecule has 1 saturated heterocycles. The fourth-order valence-corrected chi connectivity index (χ4v) is 2.41. The van der Waals surface area contributed by atoms with Crippen molar-refractivity contribution in [2.75, 3.05) is 19.6 Å². The topological polar surface area (TPSA) is 104 Å². The van der Waals surface area contributed by atoms with Crippen LogP contribution in [0.1, 0.15) is 36.3 Å². The molecule has 1 aliphatic rings. The molecule has 0 aliphatic carbocycles.